The van der Waals surface area contributed by atoms with Crippen molar-refractivity contribution < 1.29 is 4.42 Å². The first-order chi connectivity index (χ1) is 8.61. The zero-order chi connectivity index (χ0) is 13.0. The molecular weight excluding hydrogens is 226 g/mol. The van der Waals surface area contributed by atoms with Gasteiger partial charge in [0.2, 0.25) is 0 Å². The van der Waals surface area contributed by atoms with Crippen LogP contribution in [0, 0.1) is 5.41 Å². The maximum atomic E-state index is 5.31. The van der Waals surface area contributed by atoms with Crippen LogP contribution in [0.3, 0.4) is 0 Å². The Morgan fingerprint density at radius 2 is 2.39 bits per heavy atom. The average Bonchev–Trinajstić information content (AvgIpc) is 2.94. The highest BCUT2D eigenvalue weighted by molar-refractivity contribution is 5.80. The minimum Gasteiger partial charge on any atom is -0.469 e. The van der Waals surface area contributed by atoms with Crippen LogP contribution in [0.5, 0.6) is 0 Å². The van der Waals surface area contributed by atoms with E-state index in [4.69, 9.17) is 4.42 Å². The van der Waals surface area contributed by atoms with E-state index in [9.17, 15) is 0 Å². The highest BCUT2D eigenvalue weighted by Crippen LogP contribution is 2.28. The van der Waals surface area contributed by atoms with Crippen molar-refractivity contribution in [3.05, 3.63) is 24.2 Å². The first-order valence-corrected chi connectivity index (χ1v) is 6.59. The molecule has 1 aliphatic rings. The molecule has 4 nitrogen and oxygen atoms in total. The monoisotopic (exact) mass is 249 g/mol. The molecule has 0 aliphatic carbocycles. The molecule has 0 atom stereocenters. The topological polar surface area (TPSA) is 40.8 Å². The number of nitrogens with zero attached hydrogens (tertiary/aromatic N) is 2. The molecule has 0 spiro atoms. The summed E-state index contributed by atoms with van der Waals surface area (Å²) in [4.78, 5) is 6.69. The third-order valence-corrected chi connectivity index (χ3v) is 3.42. The summed E-state index contributed by atoms with van der Waals surface area (Å²) in [6.07, 6.45) is 3.84. The summed E-state index contributed by atoms with van der Waals surface area (Å²) in [6.45, 7) is 7.64. The number of rotatable bonds is 3. The largest absolute Gasteiger partial charge is 0.469 e. The smallest absolute Gasteiger partial charge is 0.193 e. The number of likely N-dealkylation sites (tertiary alicyclic amines) is 1. The number of furan rings is 1. The van der Waals surface area contributed by atoms with Crippen molar-refractivity contribution in [1.29, 1.82) is 0 Å². The molecule has 18 heavy (non-hydrogen) atoms. The van der Waals surface area contributed by atoms with Gasteiger partial charge in [-0.25, -0.2) is 0 Å². The van der Waals surface area contributed by atoms with Crippen LogP contribution in [0.1, 0.15) is 26.0 Å². The first kappa shape index (κ1) is 13.0. The number of nitrogens with one attached hydrogen (secondary N) is 1. The van der Waals surface area contributed by atoms with Gasteiger partial charge in [-0.3, -0.25) is 4.99 Å². The number of hydrogen-bond acceptors (Lipinski definition) is 2. The van der Waals surface area contributed by atoms with Gasteiger partial charge in [-0.1, -0.05) is 13.8 Å². The van der Waals surface area contributed by atoms with Crippen LogP contribution in [-0.2, 0) is 6.42 Å². The lowest BCUT2D eigenvalue weighted by atomic mass is 9.93. The van der Waals surface area contributed by atoms with Gasteiger partial charge >= 0.3 is 0 Å². The van der Waals surface area contributed by atoms with Gasteiger partial charge in [0.25, 0.3) is 0 Å². The second kappa shape index (κ2) is 5.46. The van der Waals surface area contributed by atoms with Gasteiger partial charge in [0.1, 0.15) is 5.76 Å². The van der Waals surface area contributed by atoms with E-state index in [0.29, 0.717) is 5.41 Å². The Labute approximate surface area is 109 Å². The Bertz CT molecular complexity index is 395. The lowest BCUT2D eigenvalue weighted by molar-refractivity contribution is 0.370. The van der Waals surface area contributed by atoms with Crippen LogP contribution < -0.4 is 5.32 Å². The lowest BCUT2D eigenvalue weighted by Crippen LogP contribution is -2.41. The molecular formula is C14H23N3O. The van der Waals surface area contributed by atoms with Crippen LogP contribution in [0.4, 0.5) is 0 Å². The summed E-state index contributed by atoms with van der Waals surface area (Å²) < 4.78 is 5.31. The van der Waals surface area contributed by atoms with Crippen molar-refractivity contribution in [1.82, 2.24) is 10.2 Å². The van der Waals surface area contributed by atoms with Gasteiger partial charge < -0.3 is 14.6 Å². The fraction of sp³-hybridized carbons (Fsp3) is 0.643. The van der Waals surface area contributed by atoms with E-state index in [-0.39, 0.29) is 0 Å². The normalized spacial score (nSPS) is 19.3. The van der Waals surface area contributed by atoms with Gasteiger partial charge in [0, 0.05) is 33.1 Å². The molecule has 1 aromatic heterocycles. The van der Waals surface area contributed by atoms with Crippen molar-refractivity contribution in [2.24, 2.45) is 10.4 Å². The second-order valence-corrected chi connectivity index (χ2v) is 5.64. The molecule has 0 unspecified atom stereocenters. The van der Waals surface area contributed by atoms with Crippen molar-refractivity contribution in [2.75, 3.05) is 26.7 Å². The third-order valence-electron chi connectivity index (χ3n) is 3.42. The molecule has 0 amide bonds. The standard InChI is InChI=1S/C14H23N3O/c1-14(2)7-9-17(11-14)13(15-3)16-8-6-12-5-4-10-18-12/h4-5,10H,6-9,11H2,1-3H3,(H,15,16). The molecule has 4 heteroatoms. The number of hydrogen-bond donors (Lipinski definition) is 1. The van der Waals surface area contributed by atoms with Crippen LogP contribution in [-0.4, -0.2) is 37.5 Å². The van der Waals surface area contributed by atoms with E-state index in [1.165, 1.54) is 6.42 Å². The molecule has 1 saturated heterocycles. The predicted molar refractivity (Wildman–Crippen MR) is 73.7 cm³/mol. The number of aliphatic imine (C=N–C) groups is 1. The zero-order valence-electron chi connectivity index (χ0n) is 11.6. The summed E-state index contributed by atoms with van der Waals surface area (Å²) in [5.41, 5.74) is 0.401. The highest BCUT2D eigenvalue weighted by atomic mass is 16.3. The van der Waals surface area contributed by atoms with Crippen LogP contribution in [0.15, 0.2) is 27.8 Å². The summed E-state index contributed by atoms with van der Waals surface area (Å²) in [5, 5.41) is 3.40. The minimum absolute atomic E-state index is 0.401. The molecule has 0 saturated carbocycles. The maximum Gasteiger partial charge on any atom is 0.193 e. The van der Waals surface area contributed by atoms with Crippen LogP contribution >= 0.6 is 0 Å². The van der Waals surface area contributed by atoms with Gasteiger partial charge in [-0.05, 0) is 24.0 Å². The maximum absolute atomic E-state index is 5.31. The summed E-state index contributed by atoms with van der Waals surface area (Å²) in [7, 11) is 1.85. The Morgan fingerprint density at radius 3 is 2.94 bits per heavy atom. The Hall–Kier alpha value is -1.45. The van der Waals surface area contributed by atoms with Crippen LogP contribution in [0.25, 0.3) is 0 Å². The fourth-order valence-electron chi connectivity index (χ4n) is 2.38. The molecule has 2 heterocycles. The Kier molecular flexibility index (Phi) is 3.94. The van der Waals surface area contributed by atoms with Gasteiger partial charge in [-0.15, -0.1) is 0 Å². The molecule has 0 bridgehead atoms. The van der Waals surface area contributed by atoms with Crippen molar-refractivity contribution in [3.63, 3.8) is 0 Å². The third kappa shape index (κ3) is 3.28. The van der Waals surface area contributed by atoms with E-state index in [1.807, 2.05) is 19.2 Å². The molecule has 0 aromatic carbocycles. The molecule has 100 valence electrons. The first-order valence-electron chi connectivity index (χ1n) is 6.59. The lowest BCUT2D eigenvalue weighted by Gasteiger charge is -2.23. The van der Waals surface area contributed by atoms with Crippen molar-refractivity contribution >= 4 is 5.96 Å². The zero-order valence-corrected chi connectivity index (χ0v) is 11.6. The average molecular weight is 249 g/mol. The summed E-state index contributed by atoms with van der Waals surface area (Å²) >= 11 is 0. The van der Waals surface area contributed by atoms with Gasteiger partial charge in [0.05, 0.1) is 6.26 Å². The second-order valence-electron chi connectivity index (χ2n) is 5.64. The van der Waals surface area contributed by atoms with Gasteiger partial charge in [-0.2, -0.15) is 0 Å². The Morgan fingerprint density at radius 1 is 1.56 bits per heavy atom. The molecule has 1 fully saturated rings. The molecule has 1 N–H and O–H groups in total. The fourth-order valence-corrected chi connectivity index (χ4v) is 2.38. The van der Waals surface area contributed by atoms with Gasteiger partial charge in [0.15, 0.2) is 5.96 Å². The minimum atomic E-state index is 0.401. The summed E-state index contributed by atoms with van der Waals surface area (Å²) in [6, 6.07) is 3.93. The van der Waals surface area contributed by atoms with Crippen molar-refractivity contribution in [2.45, 2.75) is 26.7 Å². The highest BCUT2D eigenvalue weighted by Gasteiger charge is 2.30. The SMILES string of the molecule is CN=C(NCCc1ccco1)N1CCC(C)(C)C1. The van der Waals surface area contributed by atoms with E-state index in [1.54, 1.807) is 6.26 Å². The molecule has 2 rings (SSSR count). The number of guanidine groups is 1. The van der Waals surface area contributed by atoms with E-state index < -0.39 is 0 Å². The Balaban J connectivity index is 1.80. The molecule has 1 aliphatic heterocycles. The summed E-state index contributed by atoms with van der Waals surface area (Å²) in [5.74, 6) is 2.02. The van der Waals surface area contributed by atoms with E-state index in [0.717, 1.165) is 37.8 Å². The van der Waals surface area contributed by atoms with E-state index >= 15 is 0 Å². The molecule has 0 radical (unpaired) electrons. The predicted octanol–water partition coefficient (Wildman–Crippen LogP) is 2.13. The van der Waals surface area contributed by atoms with Crippen LogP contribution in [0.2, 0.25) is 0 Å². The van der Waals surface area contributed by atoms with E-state index in [2.05, 4.69) is 29.1 Å². The quantitative estimate of drug-likeness (QED) is 0.659. The molecule has 1 aromatic rings. The van der Waals surface area contributed by atoms with Crippen molar-refractivity contribution in [3.8, 4) is 0 Å².